The van der Waals surface area contributed by atoms with E-state index in [9.17, 15) is 14.0 Å². The summed E-state index contributed by atoms with van der Waals surface area (Å²) in [6.07, 6.45) is 0.379. The van der Waals surface area contributed by atoms with E-state index in [0.29, 0.717) is 6.29 Å². The largest absolute Gasteiger partial charge is 0.329 e. The predicted octanol–water partition coefficient (Wildman–Crippen LogP) is 0.327. The Hall–Kier alpha value is -1.45. The van der Waals surface area contributed by atoms with Gasteiger partial charge in [0, 0.05) is 12.1 Å². The smallest absolute Gasteiger partial charge is 0.195 e. The molecular weight excluding hydrogens is 137 g/mol. The topological polar surface area (TPSA) is 49.9 Å². The van der Waals surface area contributed by atoms with E-state index in [-0.39, 0.29) is 5.69 Å². The van der Waals surface area contributed by atoms with Gasteiger partial charge >= 0.3 is 0 Å². The van der Waals surface area contributed by atoms with Crippen LogP contribution in [0.4, 0.5) is 4.39 Å². The molecule has 0 spiro atoms. The average Bonchev–Trinajstić information content (AvgIpc) is 1.85. The molecule has 0 amide bonds. The Labute approximate surface area is 55.5 Å². The van der Waals surface area contributed by atoms with Gasteiger partial charge in [0.25, 0.3) is 0 Å². The summed E-state index contributed by atoms with van der Waals surface area (Å²) in [5.41, 5.74) is -0.566. The van der Waals surface area contributed by atoms with Gasteiger partial charge in [-0.25, -0.2) is 0 Å². The summed E-state index contributed by atoms with van der Waals surface area (Å²) in [5, 5.41) is 0. The van der Waals surface area contributed by atoms with E-state index in [2.05, 4.69) is 4.98 Å². The number of aldehydes is 1. The first-order chi connectivity index (χ1) is 4.72. The normalized spacial score (nSPS) is 9.30. The Morgan fingerprint density at radius 1 is 1.50 bits per heavy atom. The molecule has 0 aliphatic heterocycles. The van der Waals surface area contributed by atoms with Gasteiger partial charge in [0.1, 0.15) is 0 Å². The first kappa shape index (κ1) is 6.67. The highest BCUT2D eigenvalue weighted by molar-refractivity contribution is 5.71. The summed E-state index contributed by atoms with van der Waals surface area (Å²) >= 11 is 0. The minimum atomic E-state index is -0.797. The molecular formula is C6H4FNO2. The molecule has 1 heterocycles. The lowest BCUT2D eigenvalue weighted by atomic mass is 10.4. The highest BCUT2D eigenvalue weighted by Gasteiger charge is 1.94. The van der Waals surface area contributed by atoms with Crippen LogP contribution in [0.2, 0.25) is 0 Å². The Balaban J connectivity index is 3.32. The third-order valence-electron chi connectivity index (χ3n) is 0.957. The summed E-state index contributed by atoms with van der Waals surface area (Å²) in [6.45, 7) is 0. The van der Waals surface area contributed by atoms with Gasteiger partial charge in [0.15, 0.2) is 17.7 Å². The first-order valence-electron chi connectivity index (χ1n) is 2.57. The van der Waals surface area contributed by atoms with E-state index in [1.807, 2.05) is 0 Å². The van der Waals surface area contributed by atoms with Gasteiger partial charge in [-0.1, -0.05) is 0 Å². The monoisotopic (exact) mass is 141 g/mol. The lowest BCUT2D eigenvalue weighted by Crippen LogP contribution is -2.03. The summed E-state index contributed by atoms with van der Waals surface area (Å²) in [4.78, 5) is 22.5. The second-order valence-electron chi connectivity index (χ2n) is 1.74. The fourth-order valence-corrected chi connectivity index (χ4v) is 0.593. The van der Waals surface area contributed by atoms with E-state index < -0.39 is 11.4 Å². The van der Waals surface area contributed by atoms with Crippen LogP contribution in [0, 0.1) is 5.95 Å². The van der Waals surface area contributed by atoms with Crippen LogP contribution in [0.15, 0.2) is 16.9 Å². The fraction of sp³-hybridized carbons (Fsp3) is 0. The molecule has 0 saturated heterocycles. The SMILES string of the molecule is O=Cc1cc(=O)cc(F)[nH]1. The number of pyridine rings is 1. The van der Waals surface area contributed by atoms with Crippen molar-refractivity contribution in [3.8, 4) is 0 Å². The molecule has 0 bridgehead atoms. The Bertz CT molecular complexity index is 305. The van der Waals surface area contributed by atoms with E-state index in [1.165, 1.54) is 0 Å². The van der Waals surface area contributed by atoms with E-state index in [1.54, 1.807) is 0 Å². The number of hydrogen-bond acceptors (Lipinski definition) is 2. The molecule has 3 nitrogen and oxygen atoms in total. The third-order valence-corrected chi connectivity index (χ3v) is 0.957. The summed E-state index contributed by atoms with van der Waals surface area (Å²) in [7, 11) is 0. The minimum absolute atomic E-state index is 0.0509. The molecule has 52 valence electrons. The lowest BCUT2D eigenvalue weighted by Gasteiger charge is -1.88. The van der Waals surface area contributed by atoms with E-state index in [4.69, 9.17) is 0 Å². The van der Waals surface area contributed by atoms with Crippen molar-refractivity contribution in [1.82, 2.24) is 4.98 Å². The third kappa shape index (κ3) is 1.28. The molecule has 0 radical (unpaired) electrons. The molecule has 0 saturated carbocycles. The summed E-state index contributed by atoms with van der Waals surface area (Å²) in [6, 6.07) is 1.79. The minimum Gasteiger partial charge on any atom is -0.329 e. The van der Waals surface area contributed by atoms with Gasteiger partial charge in [0.2, 0.25) is 0 Å². The molecule has 0 aliphatic rings. The molecule has 0 unspecified atom stereocenters. The number of aromatic amines is 1. The van der Waals surface area contributed by atoms with Crippen molar-refractivity contribution in [2.45, 2.75) is 0 Å². The maximum Gasteiger partial charge on any atom is 0.195 e. The van der Waals surface area contributed by atoms with Crippen molar-refractivity contribution in [3.05, 3.63) is 34.0 Å². The molecule has 4 heteroatoms. The zero-order chi connectivity index (χ0) is 7.56. The Morgan fingerprint density at radius 2 is 2.20 bits per heavy atom. The van der Waals surface area contributed by atoms with E-state index >= 15 is 0 Å². The maximum atomic E-state index is 12.2. The van der Waals surface area contributed by atoms with Crippen LogP contribution in [0.25, 0.3) is 0 Å². The number of aromatic nitrogens is 1. The van der Waals surface area contributed by atoms with Crippen LogP contribution >= 0.6 is 0 Å². The van der Waals surface area contributed by atoms with E-state index in [0.717, 1.165) is 12.1 Å². The standard InChI is InChI=1S/C6H4FNO2/c7-6-2-5(10)1-4(3-9)8-6/h1-3H,(H,8,10). The van der Waals surface area contributed by atoms with Crippen molar-refractivity contribution in [1.29, 1.82) is 0 Å². The van der Waals surface area contributed by atoms with Crippen LogP contribution < -0.4 is 5.43 Å². The summed E-state index contributed by atoms with van der Waals surface area (Å²) in [5.74, 6) is -0.797. The number of carbonyl (C=O) groups excluding carboxylic acids is 1. The van der Waals surface area contributed by atoms with Crippen molar-refractivity contribution in [3.63, 3.8) is 0 Å². The molecule has 10 heavy (non-hydrogen) atoms. The van der Waals surface area contributed by atoms with Gasteiger partial charge in [-0.2, -0.15) is 4.39 Å². The van der Waals surface area contributed by atoms with Crippen LogP contribution in [0.3, 0.4) is 0 Å². The maximum absolute atomic E-state index is 12.2. The fourth-order valence-electron chi connectivity index (χ4n) is 0.593. The second-order valence-corrected chi connectivity index (χ2v) is 1.74. The van der Waals surface area contributed by atoms with Crippen LogP contribution in [0.1, 0.15) is 10.5 Å². The van der Waals surface area contributed by atoms with Crippen LogP contribution in [-0.4, -0.2) is 11.3 Å². The zero-order valence-corrected chi connectivity index (χ0v) is 4.93. The zero-order valence-electron chi connectivity index (χ0n) is 4.93. The Kier molecular flexibility index (Phi) is 1.62. The van der Waals surface area contributed by atoms with Crippen molar-refractivity contribution in [2.75, 3.05) is 0 Å². The van der Waals surface area contributed by atoms with Gasteiger partial charge in [0.05, 0.1) is 5.69 Å². The molecule has 0 aliphatic carbocycles. The quantitative estimate of drug-likeness (QED) is 0.452. The van der Waals surface area contributed by atoms with Crippen molar-refractivity contribution in [2.24, 2.45) is 0 Å². The highest BCUT2D eigenvalue weighted by atomic mass is 19.1. The molecule has 0 atom stereocenters. The lowest BCUT2D eigenvalue weighted by molar-refractivity contribution is 0.111. The number of halogens is 1. The number of rotatable bonds is 1. The van der Waals surface area contributed by atoms with Crippen LogP contribution in [0.5, 0.6) is 0 Å². The molecule has 1 N–H and O–H groups in total. The number of nitrogens with one attached hydrogen (secondary N) is 1. The molecule has 0 fully saturated rings. The Morgan fingerprint density at radius 3 is 2.70 bits per heavy atom. The number of H-pyrrole nitrogens is 1. The van der Waals surface area contributed by atoms with Crippen LogP contribution in [-0.2, 0) is 0 Å². The molecule has 1 aromatic heterocycles. The number of hydrogen-bond donors (Lipinski definition) is 1. The highest BCUT2D eigenvalue weighted by Crippen LogP contribution is 1.87. The van der Waals surface area contributed by atoms with Gasteiger partial charge in [-0.3, -0.25) is 9.59 Å². The predicted molar refractivity (Wildman–Crippen MR) is 32.4 cm³/mol. The first-order valence-corrected chi connectivity index (χ1v) is 2.57. The summed E-state index contributed by atoms with van der Waals surface area (Å²) < 4.78 is 12.2. The van der Waals surface area contributed by atoms with Gasteiger partial charge in [-0.05, 0) is 0 Å². The molecule has 1 rings (SSSR count). The number of carbonyl (C=O) groups is 1. The average molecular weight is 141 g/mol. The molecule has 1 aromatic rings. The van der Waals surface area contributed by atoms with Gasteiger partial charge < -0.3 is 4.98 Å². The van der Waals surface area contributed by atoms with Crippen molar-refractivity contribution < 1.29 is 9.18 Å². The van der Waals surface area contributed by atoms with Gasteiger partial charge in [-0.15, -0.1) is 0 Å². The molecule has 0 aromatic carbocycles. The second kappa shape index (κ2) is 2.43. The van der Waals surface area contributed by atoms with Crippen molar-refractivity contribution >= 4 is 6.29 Å².